The van der Waals surface area contributed by atoms with Gasteiger partial charge in [0.1, 0.15) is 6.54 Å². The first-order chi connectivity index (χ1) is 5.09. The Morgan fingerprint density at radius 2 is 2.55 bits per heavy atom. The van der Waals surface area contributed by atoms with Gasteiger partial charge in [0.25, 0.3) is 0 Å². The second-order valence-electron chi connectivity index (χ2n) is 2.16. The predicted octanol–water partition coefficient (Wildman–Crippen LogP) is 0.930. The van der Waals surface area contributed by atoms with Gasteiger partial charge in [-0.1, -0.05) is 11.6 Å². The number of carboxylic acid groups (broad SMARTS) is 1. The molecule has 1 aromatic heterocycles. The Hall–Kier alpha value is -1.03. The van der Waals surface area contributed by atoms with Gasteiger partial charge >= 0.3 is 5.97 Å². The number of rotatable bonds is 2. The molecule has 0 fully saturated rings. The van der Waals surface area contributed by atoms with Gasteiger partial charge in [0, 0.05) is 5.69 Å². The molecule has 0 saturated heterocycles. The summed E-state index contributed by atoms with van der Waals surface area (Å²) in [6, 6.07) is 1.62. The Morgan fingerprint density at radius 3 is 2.91 bits per heavy atom. The molecule has 0 bridgehead atoms. The van der Waals surface area contributed by atoms with Crippen LogP contribution >= 0.6 is 11.6 Å². The third kappa shape index (κ3) is 1.94. The number of halogens is 1. The molecule has 60 valence electrons. The van der Waals surface area contributed by atoms with Crippen molar-refractivity contribution in [2.45, 2.75) is 13.5 Å². The summed E-state index contributed by atoms with van der Waals surface area (Å²) < 4.78 is 1.34. The zero-order valence-electron chi connectivity index (χ0n) is 5.91. The van der Waals surface area contributed by atoms with Crippen molar-refractivity contribution in [1.29, 1.82) is 0 Å². The lowest BCUT2D eigenvalue weighted by Gasteiger charge is -1.97. The molecular weight excluding hydrogens is 168 g/mol. The third-order valence-corrected chi connectivity index (χ3v) is 1.42. The van der Waals surface area contributed by atoms with Crippen molar-refractivity contribution >= 4 is 17.6 Å². The van der Waals surface area contributed by atoms with Crippen LogP contribution in [-0.2, 0) is 11.3 Å². The molecule has 11 heavy (non-hydrogen) atoms. The van der Waals surface area contributed by atoms with Gasteiger partial charge in [-0.25, -0.2) is 0 Å². The molecule has 4 nitrogen and oxygen atoms in total. The second-order valence-corrected chi connectivity index (χ2v) is 2.55. The normalized spacial score (nSPS) is 10.0. The van der Waals surface area contributed by atoms with Gasteiger partial charge < -0.3 is 5.11 Å². The van der Waals surface area contributed by atoms with E-state index in [1.165, 1.54) is 4.68 Å². The molecule has 1 heterocycles. The molecule has 0 spiro atoms. The molecule has 0 aromatic carbocycles. The summed E-state index contributed by atoms with van der Waals surface area (Å²) in [7, 11) is 0. The van der Waals surface area contributed by atoms with Gasteiger partial charge in [-0.2, -0.15) is 5.10 Å². The lowest BCUT2D eigenvalue weighted by Crippen LogP contribution is -2.11. The molecule has 0 aliphatic carbocycles. The highest BCUT2D eigenvalue weighted by Crippen LogP contribution is 2.07. The van der Waals surface area contributed by atoms with E-state index in [-0.39, 0.29) is 6.54 Å². The molecule has 0 amide bonds. The topological polar surface area (TPSA) is 55.1 Å². The van der Waals surface area contributed by atoms with Gasteiger partial charge in [0.2, 0.25) is 0 Å². The minimum absolute atomic E-state index is 0.140. The zero-order valence-corrected chi connectivity index (χ0v) is 6.67. The smallest absolute Gasteiger partial charge is 0.325 e. The standard InChI is InChI=1S/C6H7ClN2O2/c1-4-2-5(7)8-9(4)3-6(10)11/h2H,3H2,1H3,(H,10,11). The highest BCUT2D eigenvalue weighted by molar-refractivity contribution is 6.29. The Labute approximate surface area is 68.4 Å². The summed E-state index contributed by atoms with van der Waals surface area (Å²) in [4.78, 5) is 10.2. The average molecular weight is 175 g/mol. The van der Waals surface area contributed by atoms with E-state index in [4.69, 9.17) is 16.7 Å². The van der Waals surface area contributed by atoms with Crippen LogP contribution in [0.25, 0.3) is 0 Å². The second kappa shape index (κ2) is 2.92. The van der Waals surface area contributed by atoms with Crippen LogP contribution in [0.15, 0.2) is 6.07 Å². The SMILES string of the molecule is Cc1cc(Cl)nn1CC(=O)O. The number of nitrogens with zero attached hydrogens (tertiary/aromatic N) is 2. The number of hydrogen-bond acceptors (Lipinski definition) is 2. The molecule has 1 aromatic rings. The van der Waals surface area contributed by atoms with Crippen LogP contribution in [0.3, 0.4) is 0 Å². The van der Waals surface area contributed by atoms with Crippen LogP contribution in [0.5, 0.6) is 0 Å². The fourth-order valence-corrected chi connectivity index (χ4v) is 1.01. The van der Waals surface area contributed by atoms with Crippen molar-refractivity contribution in [3.05, 3.63) is 16.9 Å². The van der Waals surface area contributed by atoms with Crippen LogP contribution < -0.4 is 0 Å². The summed E-state index contributed by atoms with van der Waals surface area (Å²) in [5, 5.41) is 12.5. The summed E-state index contributed by atoms with van der Waals surface area (Å²) in [6.45, 7) is 1.61. The van der Waals surface area contributed by atoms with Gasteiger partial charge in [-0.15, -0.1) is 0 Å². The average Bonchev–Trinajstić information content (AvgIpc) is 2.09. The summed E-state index contributed by atoms with van der Waals surface area (Å²) in [6.07, 6.45) is 0. The van der Waals surface area contributed by atoms with Crippen LogP contribution in [0.1, 0.15) is 5.69 Å². The van der Waals surface area contributed by atoms with E-state index in [1.54, 1.807) is 13.0 Å². The number of aliphatic carboxylic acids is 1. The monoisotopic (exact) mass is 174 g/mol. The molecular formula is C6H7ClN2O2. The lowest BCUT2D eigenvalue weighted by atomic mass is 10.5. The Kier molecular flexibility index (Phi) is 2.14. The first-order valence-electron chi connectivity index (χ1n) is 3.01. The van der Waals surface area contributed by atoms with Gasteiger partial charge in [0.05, 0.1) is 0 Å². The predicted molar refractivity (Wildman–Crippen MR) is 39.6 cm³/mol. The quantitative estimate of drug-likeness (QED) is 0.726. The molecule has 5 heteroatoms. The van der Waals surface area contributed by atoms with E-state index < -0.39 is 5.97 Å². The number of hydrogen-bond donors (Lipinski definition) is 1. The van der Waals surface area contributed by atoms with Crippen LogP contribution in [-0.4, -0.2) is 20.9 Å². The van der Waals surface area contributed by atoms with Crippen LogP contribution in [0, 0.1) is 6.92 Å². The Balaban J connectivity index is 2.85. The van der Waals surface area contributed by atoms with Crippen molar-refractivity contribution in [2.75, 3.05) is 0 Å². The largest absolute Gasteiger partial charge is 0.480 e. The third-order valence-electron chi connectivity index (χ3n) is 1.24. The molecule has 0 radical (unpaired) electrons. The minimum atomic E-state index is -0.923. The number of carbonyl (C=O) groups is 1. The summed E-state index contributed by atoms with van der Waals surface area (Å²) >= 11 is 5.52. The highest BCUT2D eigenvalue weighted by atomic mass is 35.5. The van der Waals surface area contributed by atoms with Gasteiger partial charge in [0.15, 0.2) is 5.15 Å². The molecule has 0 saturated carbocycles. The fourth-order valence-electron chi connectivity index (χ4n) is 0.758. The van der Waals surface area contributed by atoms with E-state index in [0.29, 0.717) is 5.15 Å². The maximum absolute atomic E-state index is 10.2. The van der Waals surface area contributed by atoms with Gasteiger partial charge in [-0.3, -0.25) is 9.48 Å². The zero-order chi connectivity index (χ0) is 8.43. The minimum Gasteiger partial charge on any atom is -0.480 e. The summed E-state index contributed by atoms with van der Waals surface area (Å²) in [5.41, 5.74) is 0.748. The number of aryl methyl sites for hydroxylation is 1. The van der Waals surface area contributed by atoms with Crippen LogP contribution in [0.4, 0.5) is 0 Å². The number of carboxylic acids is 1. The maximum Gasteiger partial charge on any atom is 0.325 e. The van der Waals surface area contributed by atoms with Crippen molar-refractivity contribution in [3.63, 3.8) is 0 Å². The number of aromatic nitrogens is 2. The van der Waals surface area contributed by atoms with Crippen molar-refractivity contribution in [2.24, 2.45) is 0 Å². The van der Waals surface area contributed by atoms with Crippen molar-refractivity contribution < 1.29 is 9.90 Å². The molecule has 1 rings (SSSR count). The first kappa shape index (κ1) is 8.07. The first-order valence-corrected chi connectivity index (χ1v) is 3.39. The van der Waals surface area contributed by atoms with Crippen LogP contribution in [0.2, 0.25) is 5.15 Å². The van der Waals surface area contributed by atoms with Gasteiger partial charge in [-0.05, 0) is 13.0 Å². The van der Waals surface area contributed by atoms with E-state index in [9.17, 15) is 4.79 Å². The Morgan fingerprint density at radius 1 is 1.91 bits per heavy atom. The van der Waals surface area contributed by atoms with E-state index in [2.05, 4.69) is 5.10 Å². The molecule has 0 aliphatic heterocycles. The Bertz CT molecular complexity index is 282. The molecule has 1 N–H and O–H groups in total. The van der Waals surface area contributed by atoms with Crippen molar-refractivity contribution in [3.8, 4) is 0 Å². The molecule has 0 atom stereocenters. The van der Waals surface area contributed by atoms with E-state index in [0.717, 1.165) is 5.69 Å². The molecule has 0 aliphatic rings. The van der Waals surface area contributed by atoms with E-state index in [1.807, 2.05) is 0 Å². The highest BCUT2D eigenvalue weighted by Gasteiger charge is 2.04. The van der Waals surface area contributed by atoms with Crippen molar-refractivity contribution in [1.82, 2.24) is 9.78 Å². The molecule has 0 unspecified atom stereocenters. The maximum atomic E-state index is 10.2. The lowest BCUT2D eigenvalue weighted by molar-refractivity contribution is -0.137. The fraction of sp³-hybridized carbons (Fsp3) is 0.333. The summed E-state index contributed by atoms with van der Waals surface area (Å²) in [5.74, 6) is -0.923. The van der Waals surface area contributed by atoms with E-state index >= 15 is 0 Å².